The maximum atomic E-state index is 13.9. The van der Waals surface area contributed by atoms with E-state index in [2.05, 4.69) is 5.32 Å². The van der Waals surface area contributed by atoms with Crippen molar-refractivity contribution in [3.8, 4) is 0 Å². The van der Waals surface area contributed by atoms with Crippen molar-refractivity contribution in [2.75, 3.05) is 30.7 Å². The lowest BCUT2D eigenvalue weighted by atomic mass is 10.1. The van der Waals surface area contributed by atoms with Gasteiger partial charge in [0.25, 0.3) is 10.0 Å². The van der Waals surface area contributed by atoms with Crippen LogP contribution in [0.4, 0.5) is 5.69 Å². The van der Waals surface area contributed by atoms with Gasteiger partial charge in [0.15, 0.2) is 0 Å². The van der Waals surface area contributed by atoms with Crippen LogP contribution in [-0.4, -0.2) is 57.6 Å². The highest BCUT2D eigenvalue weighted by atomic mass is 32.2. The predicted octanol–water partition coefficient (Wildman–Crippen LogP) is 4.51. The molecule has 0 saturated heterocycles. The first-order valence-electron chi connectivity index (χ1n) is 12.5. The van der Waals surface area contributed by atoms with Gasteiger partial charge in [0, 0.05) is 18.5 Å². The molecule has 3 aromatic rings. The third kappa shape index (κ3) is 7.17. The number of aryl methyl sites for hydroxylation is 1. The van der Waals surface area contributed by atoms with Gasteiger partial charge in [-0.05, 0) is 68.0 Å². The van der Waals surface area contributed by atoms with Crippen LogP contribution in [0.5, 0.6) is 0 Å². The number of nitrogens with zero attached hydrogens (tertiary/aromatic N) is 2. The summed E-state index contributed by atoms with van der Waals surface area (Å²) in [6.45, 7) is 3.59. The van der Waals surface area contributed by atoms with E-state index in [4.69, 9.17) is 0 Å². The molecule has 3 rings (SSSR count). The van der Waals surface area contributed by atoms with Crippen molar-refractivity contribution in [1.82, 2.24) is 10.2 Å². The van der Waals surface area contributed by atoms with E-state index in [9.17, 15) is 18.0 Å². The van der Waals surface area contributed by atoms with Crippen molar-refractivity contribution < 1.29 is 18.0 Å². The maximum absolute atomic E-state index is 13.9. The highest BCUT2D eigenvalue weighted by Gasteiger charge is 2.33. The molecule has 0 fully saturated rings. The van der Waals surface area contributed by atoms with Crippen LogP contribution in [-0.2, 0) is 26.0 Å². The Morgan fingerprint density at radius 2 is 1.58 bits per heavy atom. The predicted molar refractivity (Wildman–Crippen MR) is 154 cm³/mol. The Labute approximate surface area is 230 Å². The number of amides is 2. The Bertz CT molecular complexity index is 1310. The van der Waals surface area contributed by atoms with Crippen molar-refractivity contribution in [3.05, 3.63) is 90.0 Å². The fraction of sp³-hybridized carbons (Fsp3) is 0.310. The van der Waals surface area contributed by atoms with Gasteiger partial charge in [-0.1, -0.05) is 55.0 Å². The molecule has 0 bridgehead atoms. The average Bonchev–Trinajstić information content (AvgIpc) is 2.94. The van der Waals surface area contributed by atoms with Crippen LogP contribution in [0.3, 0.4) is 0 Å². The van der Waals surface area contributed by atoms with Crippen LogP contribution in [0.2, 0.25) is 0 Å². The molecule has 0 saturated carbocycles. The standard InChI is InChI=1S/C29H35N3O4S2/c1-5-27(29(34)30-3)31(20-19-23-9-7-6-8-10-23)28(33)21-32(24-13-11-22(2)12-14-24)38(35,36)26-17-15-25(37-4)16-18-26/h6-18,27H,5,19-21H2,1-4H3,(H,30,34)/t27-/m0/s1. The van der Waals surface area contributed by atoms with Crippen molar-refractivity contribution >= 4 is 39.3 Å². The van der Waals surface area contributed by atoms with Crippen LogP contribution in [0.15, 0.2) is 88.7 Å². The van der Waals surface area contributed by atoms with Crippen LogP contribution in [0.25, 0.3) is 0 Å². The van der Waals surface area contributed by atoms with Crippen LogP contribution < -0.4 is 9.62 Å². The molecule has 7 nitrogen and oxygen atoms in total. The topological polar surface area (TPSA) is 86.8 Å². The molecule has 2 amide bonds. The summed E-state index contributed by atoms with van der Waals surface area (Å²) in [5.41, 5.74) is 2.37. The Hall–Kier alpha value is -3.30. The molecule has 202 valence electrons. The first-order chi connectivity index (χ1) is 18.2. The summed E-state index contributed by atoms with van der Waals surface area (Å²) < 4.78 is 28.8. The number of carbonyl (C=O) groups excluding carboxylic acids is 2. The average molecular weight is 554 g/mol. The minimum atomic E-state index is -4.07. The number of likely N-dealkylation sites (N-methyl/N-ethyl adjacent to an activating group) is 1. The minimum Gasteiger partial charge on any atom is -0.357 e. The highest BCUT2D eigenvalue weighted by Crippen LogP contribution is 2.26. The molecule has 3 aromatic carbocycles. The number of anilines is 1. The van der Waals surface area contributed by atoms with E-state index in [0.717, 1.165) is 20.3 Å². The number of benzene rings is 3. The summed E-state index contributed by atoms with van der Waals surface area (Å²) in [5.74, 6) is -0.729. The number of hydrogen-bond donors (Lipinski definition) is 1. The molecular weight excluding hydrogens is 518 g/mol. The fourth-order valence-corrected chi connectivity index (χ4v) is 6.00. The highest BCUT2D eigenvalue weighted by molar-refractivity contribution is 7.98. The third-order valence-electron chi connectivity index (χ3n) is 6.36. The van der Waals surface area contributed by atoms with Gasteiger partial charge < -0.3 is 10.2 Å². The van der Waals surface area contributed by atoms with Crippen LogP contribution >= 0.6 is 11.8 Å². The number of rotatable bonds is 12. The summed E-state index contributed by atoms with van der Waals surface area (Å²) in [6, 6.07) is 22.6. The van der Waals surface area contributed by atoms with Gasteiger partial charge in [0.2, 0.25) is 11.8 Å². The first kappa shape index (κ1) is 29.3. The SMILES string of the molecule is CC[C@@H](C(=O)NC)N(CCc1ccccc1)C(=O)CN(c1ccc(C)cc1)S(=O)(=O)c1ccc(SC)cc1. The second-order valence-corrected chi connectivity index (χ2v) is 11.6. The van der Waals surface area contributed by atoms with Gasteiger partial charge >= 0.3 is 0 Å². The Morgan fingerprint density at radius 3 is 2.13 bits per heavy atom. The second kappa shape index (κ2) is 13.5. The largest absolute Gasteiger partial charge is 0.357 e. The van der Waals surface area contributed by atoms with Gasteiger partial charge in [-0.25, -0.2) is 8.42 Å². The first-order valence-corrected chi connectivity index (χ1v) is 15.2. The zero-order valence-electron chi connectivity index (χ0n) is 22.3. The summed E-state index contributed by atoms with van der Waals surface area (Å²) in [6.07, 6.45) is 2.85. The molecule has 0 heterocycles. The summed E-state index contributed by atoms with van der Waals surface area (Å²) in [5, 5.41) is 2.64. The zero-order valence-corrected chi connectivity index (χ0v) is 23.9. The molecule has 1 N–H and O–H groups in total. The molecule has 0 unspecified atom stereocenters. The number of thioether (sulfide) groups is 1. The van der Waals surface area contributed by atoms with Crippen molar-refractivity contribution in [3.63, 3.8) is 0 Å². The molecule has 1 atom stereocenters. The Kier molecular flexibility index (Phi) is 10.4. The van der Waals surface area contributed by atoms with E-state index >= 15 is 0 Å². The fourth-order valence-electron chi connectivity index (χ4n) is 4.18. The second-order valence-electron chi connectivity index (χ2n) is 8.88. The summed E-state index contributed by atoms with van der Waals surface area (Å²) in [7, 11) is -2.54. The normalized spacial score (nSPS) is 12.0. The lowest BCUT2D eigenvalue weighted by Gasteiger charge is -2.33. The molecule has 0 spiro atoms. The minimum absolute atomic E-state index is 0.0952. The number of hydrogen-bond acceptors (Lipinski definition) is 5. The van der Waals surface area contributed by atoms with E-state index in [-0.39, 0.29) is 17.3 Å². The monoisotopic (exact) mass is 553 g/mol. The molecule has 0 radical (unpaired) electrons. The van der Waals surface area contributed by atoms with Gasteiger partial charge in [0.05, 0.1) is 10.6 Å². The van der Waals surface area contributed by atoms with Gasteiger partial charge in [-0.2, -0.15) is 0 Å². The van der Waals surface area contributed by atoms with Gasteiger partial charge in [0.1, 0.15) is 12.6 Å². The molecular formula is C29H35N3O4S2. The van der Waals surface area contributed by atoms with Gasteiger partial charge in [-0.15, -0.1) is 11.8 Å². The maximum Gasteiger partial charge on any atom is 0.264 e. The van der Waals surface area contributed by atoms with E-state index in [1.807, 2.05) is 62.6 Å². The molecule has 0 aromatic heterocycles. The van der Waals surface area contributed by atoms with Gasteiger partial charge in [-0.3, -0.25) is 13.9 Å². The molecule has 9 heteroatoms. The van der Waals surface area contributed by atoms with E-state index in [1.165, 1.54) is 23.7 Å². The molecule has 0 aliphatic rings. The lowest BCUT2D eigenvalue weighted by molar-refractivity contribution is -0.139. The smallest absolute Gasteiger partial charge is 0.264 e. The van der Waals surface area contributed by atoms with Crippen LogP contribution in [0.1, 0.15) is 24.5 Å². The number of nitrogens with one attached hydrogen (secondary N) is 1. The Morgan fingerprint density at radius 1 is 0.947 bits per heavy atom. The zero-order chi connectivity index (χ0) is 27.7. The summed E-state index contributed by atoms with van der Waals surface area (Å²) >= 11 is 1.52. The van der Waals surface area contributed by atoms with E-state index in [0.29, 0.717) is 18.5 Å². The summed E-state index contributed by atoms with van der Waals surface area (Å²) in [4.78, 5) is 29.1. The molecule has 38 heavy (non-hydrogen) atoms. The Balaban J connectivity index is 1.99. The van der Waals surface area contributed by atoms with E-state index < -0.39 is 28.5 Å². The quantitative estimate of drug-likeness (QED) is 0.334. The van der Waals surface area contributed by atoms with Crippen molar-refractivity contribution in [1.29, 1.82) is 0 Å². The van der Waals surface area contributed by atoms with Crippen molar-refractivity contribution in [2.24, 2.45) is 0 Å². The molecule has 0 aliphatic carbocycles. The lowest BCUT2D eigenvalue weighted by Crippen LogP contribution is -2.52. The van der Waals surface area contributed by atoms with Crippen molar-refractivity contribution in [2.45, 2.75) is 42.5 Å². The number of sulfonamides is 1. The van der Waals surface area contributed by atoms with Crippen LogP contribution in [0, 0.1) is 6.92 Å². The van der Waals surface area contributed by atoms with E-state index in [1.54, 1.807) is 36.4 Å². The number of carbonyl (C=O) groups is 2. The molecule has 0 aliphatic heterocycles. The third-order valence-corrected chi connectivity index (χ3v) is 8.90.